The van der Waals surface area contributed by atoms with Crippen LogP contribution in [0.5, 0.6) is 0 Å². The molecule has 1 aliphatic carbocycles. The zero-order chi connectivity index (χ0) is 21.7. The molecule has 1 aliphatic rings. The van der Waals surface area contributed by atoms with Crippen molar-refractivity contribution >= 4 is 23.2 Å². The van der Waals surface area contributed by atoms with Gasteiger partial charge in [0.1, 0.15) is 23.8 Å². The Labute approximate surface area is 183 Å². The van der Waals surface area contributed by atoms with Gasteiger partial charge in [-0.15, -0.1) is 0 Å². The van der Waals surface area contributed by atoms with Crippen molar-refractivity contribution in [1.29, 1.82) is 0 Å². The number of nitrogens with zero attached hydrogens (tertiary/aromatic N) is 6. The molecule has 0 atom stereocenters. The lowest BCUT2D eigenvalue weighted by molar-refractivity contribution is 0.628. The molecule has 3 aromatic heterocycles. The van der Waals surface area contributed by atoms with Crippen molar-refractivity contribution in [3.8, 4) is 17.1 Å². The van der Waals surface area contributed by atoms with E-state index >= 15 is 0 Å². The second-order valence-corrected chi connectivity index (χ2v) is 8.18. The average Bonchev–Trinajstić information content (AvgIpc) is 3.51. The lowest BCUT2D eigenvalue weighted by Crippen LogP contribution is -2.06. The predicted octanol–water partition coefficient (Wildman–Crippen LogP) is 5.09. The highest BCUT2D eigenvalue weighted by molar-refractivity contribution is 6.31. The molecule has 1 fully saturated rings. The van der Waals surface area contributed by atoms with Crippen LogP contribution >= 0.6 is 11.6 Å². The van der Waals surface area contributed by atoms with Crippen LogP contribution in [0.3, 0.4) is 0 Å². The molecule has 1 N–H and O–H groups in total. The Morgan fingerprint density at radius 1 is 1.10 bits per heavy atom. The molecule has 0 unspecified atom stereocenters. The first-order valence-corrected chi connectivity index (χ1v) is 10.4. The standard InChI is InChI=1S/C22H21ClFN7/c1-12-20(23)13(2)31(28-12)18-10-17(25-11-26-18)27-22-19(14-4-5-14)21(29-30(22)3)15-6-8-16(24)9-7-15/h6-11,14H,4-5H2,1-3H3,(H,25,26,27). The highest BCUT2D eigenvalue weighted by Gasteiger charge is 2.33. The summed E-state index contributed by atoms with van der Waals surface area (Å²) in [7, 11) is 1.89. The van der Waals surface area contributed by atoms with Gasteiger partial charge in [-0.1, -0.05) is 11.6 Å². The molecule has 0 aliphatic heterocycles. The Hall–Kier alpha value is -3.26. The molecule has 1 aromatic carbocycles. The molecule has 3 heterocycles. The summed E-state index contributed by atoms with van der Waals surface area (Å²) in [5.41, 5.74) is 4.46. The zero-order valence-electron chi connectivity index (χ0n) is 17.4. The maximum Gasteiger partial charge on any atom is 0.159 e. The number of anilines is 2. The van der Waals surface area contributed by atoms with Crippen LogP contribution in [-0.2, 0) is 7.05 Å². The number of nitrogens with one attached hydrogen (secondary N) is 1. The Bertz CT molecular complexity index is 1270. The van der Waals surface area contributed by atoms with Gasteiger partial charge >= 0.3 is 0 Å². The summed E-state index contributed by atoms with van der Waals surface area (Å²) in [5, 5.41) is 13.2. The number of hydrogen-bond acceptors (Lipinski definition) is 5. The van der Waals surface area contributed by atoms with Crippen LogP contribution in [0.1, 0.15) is 35.7 Å². The molecule has 0 bridgehead atoms. The van der Waals surface area contributed by atoms with Gasteiger partial charge in [0.25, 0.3) is 0 Å². The van der Waals surface area contributed by atoms with Crippen molar-refractivity contribution in [2.24, 2.45) is 7.05 Å². The van der Waals surface area contributed by atoms with E-state index in [9.17, 15) is 4.39 Å². The van der Waals surface area contributed by atoms with E-state index in [4.69, 9.17) is 16.7 Å². The number of rotatable bonds is 5. The van der Waals surface area contributed by atoms with E-state index in [-0.39, 0.29) is 5.82 Å². The Morgan fingerprint density at radius 3 is 2.48 bits per heavy atom. The summed E-state index contributed by atoms with van der Waals surface area (Å²) in [6.45, 7) is 3.76. The van der Waals surface area contributed by atoms with Crippen molar-refractivity contribution in [3.05, 3.63) is 64.5 Å². The SMILES string of the molecule is Cc1nn(-c2cc(Nc3c(C4CC4)c(-c4ccc(F)cc4)nn3C)ncn2)c(C)c1Cl. The van der Waals surface area contributed by atoms with E-state index in [0.717, 1.165) is 46.9 Å². The second-order valence-electron chi connectivity index (χ2n) is 7.80. The lowest BCUT2D eigenvalue weighted by atomic mass is 10.0. The lowest BCUT2D eigenvalue weighted by Gasteiger charge is -2.10. The maximum atomic E-state index is 13.4. The van der Waals surface area contributed by atoms with Crippen molar-refractivity contribution in [2.75, 3.05) is 5.32 Å². The third kappa shape index (κ3) is 3.57. The summed E-state index contributed by atoms with van der Waals surface area (Å²) >= 11 is 6.29. The van der Waals surface area contributed by atoms with E-state index in [1.165, 1.54) is 18.5 Å². The minimum Gasteiger partial charge on any atom is -0.325 e. The third-order valence-electron chi connectivity index (χ3n) is 5.51. The fraction of sp³-hybridized carbons (Fsp3) is 0.273. The highest BCUT2D eigenvalue weighted by Crippen LogP contribution is 2.48. The molecule has 1 saturated carbocycles. The van der Waals surface area contributed by atoms with Gasteiger partial charge in [0.2, 0.25) is 0 Å². The first kappa shape index (κ1) is 19.7. The van der Waals surface area contributed by atoms with Gasteiger partial charge in [-0.25, -0.2) is 19.0 Å². The van der Waals surface area contributed by atoms with Crippen LogP contribution in [0.2, 0.25) is 5.02 Å². The summed E-state index contributed by atoms with van der Waals surface area (Å²) in [6.07, 6.45) is 3.71. The van der Waals surface area contributed by atoms with Crippen LogP contribution in [0.4, 0.5) is 16.0 Å². The number of halogens is 2. The smallest absolute Gasteiger partial charge is 0.159 e. The Morgan fingerprint density at radius 2 is 1.84 bits per heavy atom. The van der Waals surface area contributed by atoms with E-state index in [2.05, 4.69) is 20.4 Å². The van der Waals surface area contributed by atoms with E-state index in [0.29, 0.717) is 22.6 Å². The third-order valence-corrected chi connectivity index (χ3v) is 6.05. The van der Waals surface area contributed by atoms with Crippen LogP contribution in [0.15, 0.2) is 36.7 Å². The molecule has 0 spiro atoms. The van der Waals surface area contributed by atoms with Crippen molar-refractivity contribution in [3.63, 3.8) is 0 Å². The van der Waals surface area contributed by atoms with Crippen LogP contribution in [0.25, 0.3) is 17.1 Å². The molecule has 7 nitrogen and oxygen atoms in total. The van der Waals surface area contributed by atoms with Gasteiger partial charge in [0, 0.05) is 24.2 Å². The predicted molar refractivity (Wildman–Crippen MR) is 117 cm³/mol. The molecule has 9 heteroatoms. The van der Waals surface area contributed by atoms with Gasteiger partial charge in [0.15, 0.2) is 5.82 Å². The van der Waals surface area contributed by atoms with E-state index < -0.39 is 0 Å². The molecule has 4 aromatic rings. The van der Waals surface area contributed by atoms with Gasteiger partial charge in [-0.2, -0.15) is 10.2 Å². The van der Waals surface area contributed by atoms with Crippen LogP contribution in [0, 0.1) is 19.7 Å². The van der Waals surface area contributed by atoms with E-state index in [1.54, 1.807) is 16.8 Å². The average molecular weight is 438 g/mol. The summed E-state index contributed by atoms with van der Waals surface area (Å²) in [6, 6.07) is 8.29. The summed E-state index contributed by atoms with van der Waals surface area (Å²) in [4.78, 5) is 8.74. The van der Waals surface area contributed by atoms with Crippen LogP contribution < -0.4 is 5.32 Å². The Balaban J connectivity index is 1.53. The van der Waals surface area contributed by atoms with Crippen LogP contribution in [-0.4, -0.2) is 29.5 Å². The van der Waals surface area contributed by atoms with Gasteiger partial charge < -0.3 is 5.32 Å². The van der Waals surface area contributed by atoms with Gasteiger partial charge in [0.05, 0.1) is 22.1 Å². The summed E-state index contributed by atoms with van der Waals surface area (Å²) in [5.74, 6) is 2.29. The molecule has 5 rings (SSSR count). The highest BCUT2D eigenvalue weighted by atomic mass is 35.5. The topological polar surface area (TPSA) is 73.5 Å². The number of aryl methyl sites for hydroxylation is 2. The van der Waals surface area contributed by atoms with Crippen molar-refractivity contribution in [2.45, 2.75) is 32.6 Å². The second kappa shape index (κ2) is 7.46. The number of benzene rings is 1. The van der Waals surface area contributed by atoms with Crippen molar-refractivity contribution < 1.29 is 4.39 Å². The minimum absolute atomic E-state index is 0.260. The van der Waals surface area contributed by atoms with Crippen molar-refractivity contribution in [1.82, 2.24) is 29.5 Å². The van der Waals surface area contributed by atoms with Gasteiger partial charge in [-0.05, 0) is 56.9 Å². The molecule has 158 valence electrons. The molecular formula is C22H21ClFN7. The van der Waals surface area contributed by atoms with E-state index in [1.807, 2.05) is 31.6 Å². The molecular weight excluding hydrogens is 417 g/mol. The molecule has 0 saturated heterocycles. The normalized spacial score (nSPS) is 13.6. The number of hydrogen-bond donors (Lipinski definition) is 1. The minimum atomic E-state index is -0.260. The zero-order valence-corrected chi connectivity index (χ0v) is 18.2. The molecule has 0 radical (unpaired) electrons. The fourth-order valence-electron chi connectivity index (χ4n) is 3.77. The van der Waals surface area contributed by atoms with Gasteiger partial charge in [-0.3, -0.25) is 4.68 Å². The summed E-state index contributed by atoms with van der Waals surface area (Å²) < 4.78 is 16.9. The molecule has 31 heavy (non-hydrogen) atoms. The first-order valence-electron chi connectivity index (χ1n) is 10.1. The Kier molecular flexibility index (Phi) is 4.74. The maximum absolute atomic E-state index is 13.4. The fourth-order valence-corrected chi connectivity index (χ4v) is 3.89. The first-order chi connectivity index (χ1) is 14.9. The largest absolute Gasteiger partial charge is 0.325 e. The quantitative estimate of drug-likeness (QED) is 0.470. The number of aromatic nitrogens is 6. The molecule has 0 amide bonds. The monoisotopic (exact) mass is 437 g/mol.